The number of nitrogens with one attached hydrogen (secondary N) is 3. The normalized spacial score (nSPS) is 10.3. The molecule has 0 aromatic heterocycles. The molecule has 0 aliphatic rings. The van der Waals surface area contributed by atoms with Gasteiger partial charge in [0.15, 0.2) is 5.11 Å². The lowest BCUT2D eigenvalue weighted by Gasteiger charge is -2.13. The third-order valence-corrected chi connectivity index (χ3v) is 4.92. The number of nitrogens with zero attached hydrogens (tertiary/aromatic N) is 1. The highest BCUT2D eigenvalue weighted by molar-refractivity contribution is 7.80. The van der Waals surface area contributed by atoms with Crippen molar-refractivity contribution in [2.75, 3.05) is 36.2 Å². The number of carbonyl (C=O) groups excluding carboxylic acids is 1. The molecule has 7 heteroatoms. The van der Waals surface area contributed by atoms with E-state index in [-0.39, 0.29) is 5.56 Å². The maximum Gasteiger partial charge on any atom is 0.258 e. The molecular weight excluding hydrogens is 411 g/mol. The van der Waals surface area contributed by atoms with E-state index in [2.05, 4.69) is 45.1 Å². The van der Waals surface area contributed by atoms with Gasteiger partial charge in [0, 0.05) is 37.7 Å². The van der Waals surface area contributed by atoms with Gasteiger partial charge in [-0.25, -0.2) is 4.39 Å². The highest BCUT2D eigenvalue weighted by Crippen LogP contribution is 2.16. The van der Waals surface area contributed by atoms with Crippen LogP contribution in [0.3, 0.4) is 0 Å². The molecule has 5 nitrogen and oxygen atoms in total. The van der Waals surface area contributed by atoms with Gasteiger partial charge in [-0.15, -0.1) is 0 Å². The molecule has 0 unspecified atom stereocenters. The SMILES string of the molecule is CN(C)c1ccc(CCNC(=S)Nc2ccc(NC(=O)c3ccccc3F)cc2)cc1. The number of thiocarbonyl (C=S) groups is 1. The summed E-state index contributed by atoms with van der Waals surface area (Å²) in [6, 6.07) is 21.3. The van der Waals surface area contributed by atoms with E-state index in [9.17, 15) is 9.18 Å². The standard InChI is InChI=1S/C24H25FN4OS/c1-29(2)20-13-7-17(8-14-20)15-16-26-24(31)28-19-11-9-18(10-12-19)27-23(30)21-5-3-4-6-22(21)25/h3-14H,15-16H2,1-2H3,(H,27,30)(H2,26,28,31). The lowest BCUT2D eigenvalue weighted by molar-refractivity contribution is 0.102. The molecule has 0 saturated carbocycles. The van der Waals surface area contributed by atoms with Gasteiger partial charge in [-0.05, 0) is 72.7 Å². The van der Waals surface area contributed by atoms with Crippen LogP contribution in [0, 0.1) is 5.82 Å². The Labute approximate surface area is 187 Å². The fourth-order valence-electron chi connectivity index (χ4n) is 2.94. The molecule has 3 N–H and O–H groups in total. The number of benzene rings is 3. The summed E-state index contributed by atoms with van der Waals surface area (Å²) in [6.45, 7) is 0.712. The predicted molar refractivity (Wildman–Crippen MR) is 129 cm³/mol. The molecule has 0 aliphatic heterocycles. The first-order chi connectivity index (χ1) is 14.9. The monoisotopic (exact) mass is 436 g/mol. The lowest BCUT2D eigenvalue weighted by Crippen LogP contribution is -2.30. The molecule has 1 amide bonds. The smallest absolute Gasteiger partial charge is 0.258 e. The minimum absolute atomic E-state index is 0.00596. The molecule has 0 heterocycles. The second-order valence-corrected chi connectivity index (χ2v) is 7.61. The first-order valence-corrected chi connectivity index (χ1v) is 10.3. The highest BCUT2D eigenvalue weighted by atomic mass is 32.1. The van der Waals surface area contributed by atoms with Crippen molar-refractivity contribution in [2.45, 2.75) is 6.42 Å². The molecule has 3 aromatic carbocycles. The summed E-state index contributed by atoms with van der Waals surface area (Å²) >= 11 is 5.35. The first-order valence-electron chi connectivity index (χ1n) is 9.89. The van der Waals surface area contributed by atoms with Crippen LogP contribution in [0.1, 0.15) is 15.9 Å². The van der Waals surface area contributed by atoms with Gasteiger partial charge in [0.1, 0.15) is 5.82 Å². The van der Waals surface area contributed by atoms with Crippen LogP contribution in [0.2, 0.25) is 0 Å². The molecule has 0 atom stereocenters. The van der Waals surface area contributed by atoms with Gasteiger partial charge in [-0.3, -0.25) is 4.79 Å². The van der Waals surface area contributed by atoms with Crippen LogP contribution in [0.25, 0.3) is 0 Å². The zero-order valence-corrected chi connectivity index (χ0v) is 18.3. The summed E-state index contributed by atoms with van der Waals surface area (Å²) in [5.41, 5.74) is 3.76. The lowest BCUT2D eigenvalue weighted by atomic mass is 10.1. The summed E-state index contributed by atoms with van der Waals surface area (Å²) in [6.07, 6.45) is 0.858. The second-order valence-electron chi connectivity index (χ2n) is 7.20. The Balaban J connectivity index is 1.45. The molecule has 3 rings (SSSR count). The fourth-order valence-corrected chi connectivity index (χ4v) is 3.16. The number of carbonyl (C=O) groups is 1. The Morgan fingerprint density at radius 2 is 1.52 bits per heavy atom. The average Bonchev–Trinajstić information content (AvgIpc) is 2.75. The number of hydrogen-bond donors (Lipinski definition) is 3. The molecule has 0 saturated heterocycles. The molecule has 0 fully saturated rings. The molecule has 0 bridgehead atoms. The molecular formula is C24H25FN4OS. The van der Waals surface area contributed by atoms with Gasteiger partial charge in [0.05, 0.1) is 5.56 Å². The van der Waals surface area contributed by atoms with Crippen molar-refractivity contribution < 1.29 is 9.18 Å². The van der Waals surface area contributed by atoms with Crippen LogP contribution in [-0.2, 0) is 6.42 Å². The second kappa shape index (κ2) is 10.5. The van der Waals surface area contributed by atoms with Crippen LogP contribution in [-0.4, -0.2) is 31.7 Å². The predicted octanol–water partition coefficient (Wildman–Crippen LogP) is 4.67. The zero-order chi connectivity index (χ0) is 22.2. The number of amides is 1. The van der Waals surface area contributed by atoms with Crippen LogP contribution in [0.15, 0.2) is 72.8 Å². The Hall–Kier alpha value is -3.45. The molecule has 160 valence electrons. The third-order valence-electron chi connectivity index (χ3n) is 4.67. The number of hydrogen-bond acceptors (Lipinski definition) is 3. The van der Waals surface area contributed by atoms with E-state index in [1.165, 1.54) is 23.4 Å². The van der Waals surface area contributed by atoms with Crippen LogP contribution in [0.4, 0.5) is 21.5 Å². The van der Waals surface area contributed by atoms with Crippen molar-refractivity contribution in [1.82, 2.24) is 5.32 Å². The summed E-state index contributed by atoms with van der Waals surface area (Å²) in [4.78, 5) is 14.3. The van der Waals surface area contributed by atoms with E-state index >= 15 is 0 Å². The van der Waals surface area contributed by atoms with Crippen LogP contribution in [0.5, 0.6) is 0 Å². The third kappa shape index (κ3) is 6.52. The van der Waals surface area contributed by atoms with Crippen molar-refractivity contribution in [1.29, 1.82) is 0 Å². The number of rotatable bonds is 7. The minimum Gasteiger partial charge on any atom is -0.378 e. The summed E-state index contributed by atoms with van der Waals surface area (Å²) in [7, 11) is 4.04. The van der Waals surface area contributed by atoms with E-state index in [4.69, 9.17) is 12.2 Å². The van der Waals surface area contributed by atoms with Crippen molar-refractivity contribution in [3.05, 3.63) is 89.7 Å². The highest BCUT2D eigenvalue weighted by Gasteiger charge is 2.10. The minimum atomic E-state index is -0.552. The maximum atomic E-state index is 13.7. The van der Waals surface area contributed by atoms with E-state index < -0.39 is 11.7 Å². The quantitative estimate of drug-likeness (QED) is 0.470. The largest absolute Gasteiger partial charge is 0.378 e. The maximum absolute atomic E-state index is 13.7. The molecule has 0 aliphatic carbocycles. The summed E-state index contributed by atoms with van der Waals surface area (Å²) in [5.74, 6) is -1.04. The topological polar surface area (TPSA) is 56.4 Å². The Morgan fingerprint density at radius 1 is 0.903 bits per heavy atom. The molecule has 0 spiro atoms. The van der Waals surface area contributed by atoms with E-state index in [1.807, 2.05) is 14.1 Å². The summed E-state index contributed by atoms with van der Waals surface area (Å²) < 4.78 is 13.7. The number of anilines is 3. The Morgan fingerprint density at radius 3 is 2.13 bits per heavy atom. The molecule has 0 radical (unpaired) electrons. The average molecular weight is 437 g/mol. The summed E-state index contributed by atoms with van der Waals surface area (Å²) in [5, 5.41) is 9.51. The molecule has 31 heavy (non-hydrogen) atoms. The first kappa shape index (κ1) is 22.2. The van der Waals surface area contributed by atoms with E-state index in [0.29, 0.717) is 17.3 Å². The number of halogens is 1. The van der Waals surface area contributed by atoms with Crippen LogP contribution < -0.4 is 20.9 Å². The van der Waals surface area contributed by atoms with Gasteiger partial charge >= 0.3 is 0 Å². The Kier molecular flexibility index (Phi) is 7.56. The zero-order valence-electron chi connectivity index (χ0n) is 17.5. The fraction of sp³-hybridized carbons (Fsp3) is 0.167. The van der Waals surface area contributed by atoms with Crippen molar-refractivity contribution in [3.8, 4) is 0 Å². The van der Waals surface area contributed by atoms with Gasteiger partial charge < -0.3 is 20.9 Å². The Bertz CT molecular complexity index is 1040. The van der Waals surface area contributed by atoms with E-state index in [1.54, 1.807) is 36.4 Å². The van der Waals surface area contributed by atoms with Crippen molar-refractivity contribution in [3.63, 3.8) is 0 Å². The van der Waals surface area contributed by atoms with Crippen molar-refractivity contribution in [2.24, 2.45) is 0 Å². The van der Waals surface area contributed by atoms with Gasteiger partial charge in [-0.2, -0.15) is 0 Å². The van der Waals surface area contributed by atoms with Crippen LogP contribution >= 0.6 is 12.2 Å². The van der Waals surface area contributed by atoms with Gasteiger partial charge in [0.2, 0.25) is 0 Å². The van der Waals surface area contributed by atoms with Crippen molar-refractivity contribution >= 4 is 40.3 Å². The molecule has 3 aromatic rings. The van der Waals surface area contributed by atoms with E-state index in [0.717, 1.165) is 12.1 Å². The van der Waals surface area contributed by atoms with Gasteiger partial charge in [-0.1, -0.05) is 24.3 Å². The van der Waals surface area contributed by atoms with Gasteiger partial charge in [0.25, 0.3) is 5.91 Å².